The molecule has 3 aromatic carbocycles. The van der Waals surface area contributed by atoms with Crippen molar-refractivity contribution in [3.63, 3.8) is 0 Å². The molecule has 8 heteroatoms. The van der Waals surface area contributed by atoms with Crippen LogP contribution in [-0.4, -0.2) is 35.4 Å². The van der Waals surface area contributed by atoms with Crippen molar-refractivity contribution < 1.29 is 33.6 Å². The van der Waals surface area contributed by atoms with Crippen molar-refractivity contribution >= 4 is 12.1 Å². The second kappa shape index (κ2) is 13.5. The Morgan fingerprint density at radius 2 is 1.39 bits per heavy atom. The number of esters is 1. The minimum atomic E-state index is -1.44. The zero-order valence-electron chi connectivity index (χ0n) is 22.2. The van der Waals surface area contributed by atoms with E-state index in [-0.39, 0.29) is 13.2 Å². The minimum absolute atomic E-state index is 0.0791. The molecule has 0 aliphatic rings. The lowest BCUT2D eigenvalue weighted by Crippen LogP contribution is -2.47. The van der Waals surface area contributed by atoms with Gasteiger partial charge in [0.25, 0.3) is 0 Å². The third kappa shape index (κ3) is 8.81. The summed E-state index contributed by atoms with van der Waals surface area (Å²) in [6.45, 7) is 7.40. The molecule has 0 spiro atoms. The number of hydrogen-bond donors (Lipinski definition) is 2. The topological polar surface area (TPSA) is 103 Å². The fourth-order valence-corrected chi connectivity index (χ4v) is 3.54. The van der Waals surface area contributed by atoms with E-state index in [1.54, 1.807) is 45.9 Å². The summed E-state index contributed by atoms with van der Waals surface area (Å²) in [7, 11) is 0. The molecular weight excluding hydrogens is 486 g/mol. The summed E-state index contributed by atoms with van der Waals surface area (Å²) in [4.78, 5) is 25.1. The molecule has 0 saturated carbocycles. The molecule has 38 heavy (non-hydrogen) atoms. The number of aliphatic hydroxyl groups excluding tert-OH is 1. The highest BCUT2D eigenvalue weighted by molar-refractivity contribution is 5.82. The predicted molar refractivity (Wildman–Crippen MR) is 143 cm³/mol. The first-order valence-electron chi connectivity index (χ1n) is 12.5. The highest BCUT2D eigenvalue weighted by Crippen LogP contribution is 2.33. The number of carbonyl (C=O) groups is 2. The molecule has 0 unspecified atom stereocenters. The standard InChI is InChI=1S/C30H35NO7/c1-5-35-28(33)26(31-29(34)38-30(2,3)4)27(32)23-16-17-24(36-19-21-12-8-6-9-13-21)25(18-23)37-20-22-14-10-7-11-15-22/h6-18,26-27,32H,5,19-20H2,1-4H3,(H,31,34)/t26-,27+/m1/s1. The molecule has 8 nitrogen and oxygen atoms in total. The lowest BCUT2D eigenvalue weighted by molar-refractivity contribution is -0.148. The molecule has 0 saturated heterocycles. The Hall–Kier alpha value is -4.04. The van der Waals surface area contributed by atoms with Crippen molar-refractivity contribution in [2.24, 2.45) is 0 Å². The van der Waals surface area contributed by atoms with Crippen molar-refractivity contribution in [1.29, 1.82) is 0 Å². The zero-order chi connectivity index (χ0) is 27.5. The summed E-state index contributed by atoms with van der Waals surface area (Å²) in [5.74, 6) is 0.0525. The van der Waals surface area contributed by atoms with Crippen molar-refractivity contribution in [2.45, 2.75) is 58.7 Å². The van der Waals surface area contributed by atoms with Crippen LogP contribution < -0.4 is 14.8 Å². The van der Waals surface area contributed by atoms with Gasteiger partial charge in [-0.15, -0.1) is 0 Å². The predicted octanol–water partition coefficient (Wildman–Crippen LogP) is 5.33. The summed E-state index contributed by atoms with van der Waals surface area (Å²) in [6, 6.07) is 22.8. The Morgan fingerprint density at radius 1 is 0.842 bits per heavy atom. The van der Waals surface area contributed by atoms with E-state index in [2.05, 4.69) is 5.32 Å². The van der Waals surface area contributed by atoms with Gasteiger partial charge in [0.05, 0.1) is 6.61 Å². The summed E-state index contributed by atoms with van der Waals surface area (Å²) in [6.07, 6.45) is -2.29. The van der Waals surface area contributed by atoms with Crippen LogP contribution in [0.4, 0.5) is 4.79 Å². The summed E-state index contributed by atoms with van der Waals surface area (Å²) < 4.78 is 22.5. The fourth-order valence-electron chi connectivity index (χ4n) is 3.54. The van der Waals surface area contributed by atoms with Crippen LogP contribution >= 0.6 is 0 Å². The van der Waals surface area contributed by atoms with Gasteiger partial charge in [-0.05, 0) is 56.5 Å². The first-order valence-corrected chi connectivity index (χ1v) is 12.5. The average Bonchev–Trinajstić information content (AvgIpc) is 2.89. The Labute approximate surface area is 223 Å². The number of amides is 1. The summed E-state index contributed by atoms with van der Waals surface area (Å²) in [5.41, 5.74) is 1.47. The molecule has 0 radical (unpaired) electrons. The molecular formula is C30H35NO7. The molecule has 0 bridgehead atoms. The van der Waals surface area contributed by atoms with Gasteiger partial charge in [0.1, 0.15) is 24.9 Å². The molecule has 0 aliphatic heterocycles. The van der Waals surface area contributed by atoms with E-state index in [4.69, 9.17) is 18.9 Å². The molecule has 0 aromatic heterocycles. The number of ether oxygens (including phenoxy) is 4. The van der Waals surface area contributed by atoms with Gasteiger partial charge in [-0.25, -0.2) is 9.59 Å². The van der Waals surface area contributed by atoms with E-state index in [0.717, 1.165) is 11.1 Å². The number of aliphatic hydroxyl groups is 1. The third-order valence-electron chi connectivity index (χ3n) is 5.31. The molecule has 2 N–H and O–H groups in total. The van der Waals surface area contributed by atoms with Gasteiger partial charge < -0.3 is 29.4 Å². The van der Waals surface area contributed by atoms with E-state index >= 15 is 0 Å². The largest absolute Gasteiger partial charge is 0.485 e. The van der Waals surface area contributed by atoms with E-state index in [0.29, 0.717) is 23.7 Å². The van der Waals surface area contributed by atoms with Gasteiger partial charge in [0.2, 0.25) is 0 Å². The van der Waals surface area contributed by atoms with Crippen molar-refractivity contribution in [2.75, 3.05) is 6.61 Å². The van der Waals surface area contributed by atoms with Crippen LogP contribution in [-0.2, 0) is 27.5 Å². The number of nitrogens with one attached hydrogen (secondary N) is 1. The van der Waals surface area contributed by atoms with Crippen molar-refractivity contribution in [1.82, 2.24) is 5.32 Å². The van der Waals surface area contributed by atoms with Crippen molar-refractivity contribution in [3.05, 3.63) is 95.6 Å². The first kappa shape index (κ1) is 28.5. The molecule has 2 atom stereocenters. The Bertz CT molecular complexity index is 1180. The van der Waals surface area contributed by atoms with E-state index < -0.39 is 29.8 Å². The van der Waals surface area contributed by atoms with Gasteiger partial charge in [0.15, 0.2) is 17.5 Å². The second-order valence-corrected chi connectivity index (χ2v) is 9.58. The highest BCUT2D eigenvalue weighted by atomic mass is 16.6. The first-order chi connectivity index (χ1) is 18.2. The number of carbonyl (C=O) groups excluding carboxylic acids is 2. The van der Waals surface area contributed by atoms with E-state index in [1.807, 2.05) is 60.7 Å². The fraction of sp³-hybridized carbons (Fsp3) is 0.333. The van der Waals surface area contributed by atoms with Gasteiger partial charge in [-0.3, -0.25) is 0 Å². The summed E-state index contributed by atoms with van der Waals surface area (Å²) >= 11 is 0. The quantitative estimate of drug-likeness (QED) is 0.329. The average molecular weight is 522 g/mol. The zero-order valence-corrected chi connectivity index (χ0v) is 22.2. The lowest BCUT2D eigenvalue weighted by atomic mass is 10.0. The van der Waals surface area contributed by atoms with Crippen LogP contribution in [0.15, 0.2) is 78.9 Å². The van der Waals surface area contributed by atoms with Crippen molar-refractivity contribution in [3.8, 4) is 11.5 Å². The molecule has 1 amide bonds. The molecule has 3 rings (SSSR count). The maximum Gasteiger partial charge on any atom is 0.408 e. The molecule has 3 aromatic rings. The third-order valence-corrected chi connectivity index (χ3v) is 5.31. The van der Waals surface area contributed by atoms with E-state index in [1.165, 1.54) is 0 Å². The number of alkyl carbamates (subject to hydrolysis) is 1. The van der Waals surface area contributed by atoms with Gasteiger partial charge in [-0.1, -0.05) is 66.7 Å². The Morgan fingerprint density at radius 3 is 1.92 bits per heavy atom. The lowest BCUT2D eigenvalue weighted by Gasteiger charge is -2.26. The van der Waals surface area contributed by atoms with Crippen LogP contribution in [0.1, 0.15) is 50.5 Å². The Kier molecular flexibility index (Phi) is 10.1. The van der Waals surface area contributed by atoms with Crippen LogP contribution in [0.3, 0.4) is 0 Å². The highest BCUT2D eigenvalue weighted by Gasteiger charge is 2.33. The maximum atomic E-state index is 12.7. The van der Waals surface area contributed by atoms with E-state index in [9.17, 15) is 14.7 Å². The molecule has 0 aliphatic carbocycles. The smallest absolute Gasteiger partial charge is 0.408 e. The SMILES string of the molecule is CCOC(=O)[C@H](NC(=O)OC(C)(C)C)[C@@H](O)c1ccc(OCc2ccccc2)c(OCc2ccccc2)c1. The minimum Gasteiger partial charge on any atom is -0.485 e. The van der Waals surface area contributed by atoms with Crippen LogP contribution in [0.5, 0.6) is 11.5 Å². The molecule has 202 valence electrons. The van der Waals surface area contributed by atoms with Gasteiger partial charge in [-0.2, -0.15) is 0 Å². The van der Waals surface area contributed by atoms with Gasteiger partial charge >= 0.3 is 12.1 Å². The van der Waals surface area contributed by atoms with Gasteiger partial charge in [0, 0.05) is 0 Å². The normalized spacial score (nSPS) is 12.7. The number of benzene rings is 3. The Balaban J connectivity index is 1.86. The van der Waals surface area contributed by atoms with Crippen LogP contribution in [0.25, 0.3) is 0 Å². The number of hydrogen-bond acceptors (Lipinski definition) is 7. The van der Waals surface area contributed by atoms with Crippen LogP contribution in [0, 0.1) is 0 Å². The maximum absolute atomic E-state index is 12.7. The van der Waals surface area contributed by atoms with Crippen LogP contribution in [0.2, 0.25) is 0 Å². The molecule has 0 fully saturated rings. The summed E-state index contributed by atoms with van der Waals surface area (Å²) in [5, 5.41) is 13.6. The second-order valence-electron chi connectivity index (χ2n) is 9.58. The number of rotatable bonds is 11. The monoisotopic (exact) mass is 521 g/mol. The molecule has 0 heterocycles.